The predicted octanol–water partition coefficient (Wildman–Crippen LogP) is 4.40. The molecule has 0 saturated heterocycles. The molecular formula is C13H20. The molecular weight excluding hydrogens is 156 g/mol. The van der Waals surface area contributed by atoms with Crippen LogP contribution in [0.3, 0.4) is 0 Å². The summed E-state index contributed by atoms with van der Waals surface area (Å²) in [7, 11) is 0. The van der Waals surface area contributed by atoms with Gasteiger partial charge in [0.2, 0.25) is 0 Å². The van der Waals surface area contributed by atoms with E-state index in [1.165, 1.54) is 5.56 Å². The lowest BCUT2D eigenvalue weighted by Gasteiger charge is -1.82. The molecule has 13 heavy (non-hydrogen) atoms. The molecule has 72 valence electrons. The highest BCUT2D eigenvalue weighted by Gasteiger charge is 1.72. The second-order valence-corrected chi connectivity index (χ2v) is 1.65. The Morgan fingerprint density at radius 3 is 1.15 bits per heavy atom. The first-order valence-corrected chi connectivity index (χ1v) is 3.91. The van der Waals surface area contributed by atoms with Gasteiger partial charge in [-0.05, 0) is 6.92 Å². The summed E-state index contributed by atoms with van der Waals surface area (Å²) in [6, 6.07) is 10.3. The zero-order valence-corrected chi connectivity index (χ0v) is 8.63. The SMILES string of the molecule is C=C.C=C.C=C.Cc1ccccc1. The third kappa shape index (κ3) is 17.9. The molecule has 1 rings (SSSR count). The smallest absolute Gasteiger partial charge is 0.0398 e. The Bertz CT molecular complexity index is 160. The molecule has 0 saturated carbocycles. The van der Waals surface area contributed by atoms with Gasteiger partial charge < -0.3 is 0 Å². The molecule has 0 bridgehead atoms. The van der Waals surface area contributed by atoms with Crippen molar-refractivity contribution >= 4 is 0 Å². The predicted molar refractivity (Wildman–Crippen MR) is 64.9 cm³/mol. The van der Waals surface area contributed by atoms with Crippen molar-refractivity contribution in [3.63, 3.8) is 0 Å². The highest BCUT2D eigenvalue weighted by molar-refractivity contribution is 5.11. The van der Waals surface area contributed by atoms with Crippen molar-refractivity contribution in [2.75, 3.05) is 0 Å². The fourth-order valence-electron chi connectivity index (χ4n) is 0.534. The lowest BCUT2D eigenvalue weighted by Crippen LogP contribution is -1.62. The third-order valence-electron chi connectivity index (χ3n) is 0.940. The summed E-state index contributed by atoms with van der Waals surface area (Å²) in [4.78, 5) is 0. The fourth-order valence-corrected chi connectivity index (χ4v) is 0.534. The molecule has 0 nitrogen and oxygen atoms in total. The van der Waals surface area contributed by atoms with E-state index in [0.717, 1.165) is 0 Å². The van der Waals surface area contributed by atoms with Gasteiger partial charge in [0, 0.05) is 0 Å². The van der Waals surface area contributed by atoms with Gasteiger partial charge in [0.15, 0.2) is 0 Å². The van der Waals surface area contributed by atoms with E-state index in [9.17, 15) is 0 Å². The van der Waals surface area contributed by atoms with Gasteiger partial charge in [0.25, 0.3) is 0 Å². The Morgan fingerprint density at radius 1 is 0.692 bits per heavy atom. The largest absolute Gasteiger partial charge is 0.106 e. The van der Waals surface area contributed by atoms with Crippen molar-refractivity contribution in [3.05, 3.63) is 75.4 Å². The molecule has 0 aliphatic rings. The Hall–Kier alpha value is -1.56. The maximum absolute atomic E-state index is 3.00. The lowest BCUT2D eigenvalue weighted by molar-refractivity contribution is 1.48. The summed E-state index contributed by atoms with van der Waals surface area (Å²) < 4.78 is 0. The lowest BCUT2D eigenvalue weighted by atomic mass is 10.2. The van der Waals surface area contributed by atoms with Crippen molar-refractivity contribution in [2.24, 2.45) is 0 Å². The molecule has 0 N–H and O–H groups in total. The standard InChI is InChI=1S/C7H8.3C2H4/c1-7-5-3-2-4-6-7;3*1-2/h2-6H,1H3;3*1-2H2. The number of aryl methyl sites for hydroxylation is 1. The summed E-state index contributed by atoms with van der Waals surface area (Å²) in [5.41, 5.74) is 1.32. The van der Waals surface area contributed by atoms with Crippen LogP contribution in [0.15, 0.2) is 69.8 Å². The normalized spacial score (nSPS) is 5.62. The van der Waals surface area contributed by atoms with Crippen LogP contribution in [-0.4, -0.2) is 0 Å². The van der Waals surface area contributed by atoms with Gasteiger partial charge in [-0.3, -0.25) is 0 Å². The van der Waals surface area contributed by atoms with E-state index >= 15 is 0 Å². The van der Waals surface area contributed by atoms with Gasteiger partial charge in [-0.1, -0.05) is 35.9 Å². The van der Waals surface area contributed by atoms with E-state index in [2.05, 4.69) is 58.5 Å². The molecule has 0 aromatic heterocycles. The van der Waals surface area contributed by atoms with Gasteiger partial charge in [-0.15, -0.1) is 39.5 Å². The average molecular weight is 176 g/mol. The van der Waals surface area contributed by atoms with Crippen LogP contribution < -0.4 is 0 Å². The number of hydrogen-bond donors (Lipinski definition) is 0. The minimum atomic E-state index is 1.32. The van der Waals surface area contributed by atoms with E-state index in [1.807, 2.05) is 18.2 Å². The highest BCUT2D eigenvalue weighted by atomic mass is 13.8. The monoisotopic (exact) mass is 176 g/mol. The van der Waals surface area contributed by atoms with Crippen LogP contribution >= 0.6 is 0 Å². The van der Waals surface area contributed by atoms with Crippen molar-refractivity contribution in [2.45, 2.75) is 6.92 Å². The zero-order valence-electron chi connectivity index (χ0n) is 8.63. The van der Waals surface area contributed by atoms with Crippen molar-refractivity contribution in [3.8, 4) is 0 Å². The molecule has 0 radical (unpaired) electrons. The minimum Gasteiger partial charge on any atom is -0.106 e. The van der Waals surface area contributed by atoms with Crippen LogP contribution in [0.1, 0.15) is 5.56 Å². The second-order valence-electron chi connectivity index (χ2n) is 1.65. The molecule has 0 heterocycles. The van der Waals surface area contributed by atoms with Crippen LogP contribution in [0.2, 0.25) is 0 Å². The highest BCUT2D eigenvalue weighted by Crippen LogP contribution is 1.92. The topological polar surface area (TPSA) is 0 Å². The third-order valence-corrected chi connectivity index (χ3v) is 0.940. The first kappa shape index (κ1) is 17.5. The van der Waals surface area contributed by atoms with Crippen LogP contribution in [0.4, 0.5) is 0 Å². The Morgan fingerprint density at radius 2 is 1.00 bits per heavy atom. The molecule has 0 spiro atoms. The summed E-state index contributed by atoms with van der Waals surface area (Å²) >= 11 is 0. The summed E-state index contributed by atoms with van der Waals surface area (Å²) in [6.45, 7) is 20.1. The summed E-state index contributed by atoms with van der Waals surface area (Å²) in [6.07, 6.45) is 0. The Balaban J connectivity index is -0.000000144. The molecule has 0 heteroatoms. The van der Waals surface area contributed by atoms with Crippen LogP contribution in [0.5, 0.6) is 0 Å². The first-order valence-electron chi connectivity index (χ1n) is 3.91. The quantitative estimate of drug-likeness (QED) is 0.514. The van der Waals surface area contributed by atoms with Crippen LogP contribution in [0.25, 0.3) is 0 Å². The second kappa shape index (κ2) is 22.4. The van der Waals surface area contributed by atoms with Gasteiger partial charge >= 0.3 is 0 Å². The number of hydrogen-bond acceptors (Lipinski definition) is 0. The maximum Gasteiger partial charge on any atom is -0.0398 e. The Labute approximate surface area is 82.9 Å². The molecule has 0 aliphatic carbocycles. The molecule has 0 unspecified atom stereocenters. The minimum absolute atomic E-state index is 1.32. The van der Waals surface area contributed by atoms with Crippen molar-refractivity contribution in [1.82, 2.24) is 0 Å². The van der Waals surface area contributed by atoms with Crippen LogP contribution in [-0.2, 0) is 0 Å². The molecule has 0 fully saturated rings. The molecule has 1 aromatic rings. The van der Waals surface area contributed by atoms with Crippen LogP contribution in [0, 0.1) is 6.92 Å². The van der Waals surface area contributed by atoms with Gasteiger partial charge in [-0.2, -0.15) is 0 Å². The Kier molecular flexibility index (Phi) is 30.2. The van der Waals surface area contributed by atoms with E-state index in [1.54, 1.807) is 0 Å². The van der Waals surface area contributed by atoms with Crippen molar-refractivity contribution in [1.29, 1.82) is 0 Å². The molecule has 1 aromatic carbocycles. The number of rotatable bonds is 0. The van der Waals surface area contributed by atoms with Gasteiger partial charge in [-0.25, -0.2) is 0 Å². The molecule has 0 amide bonds. The summed E-state index contributed by atoms with van der Waals surface area (Å²) in [5, 5.41) is 0. The average Bonchev–Trinajstić information content (AvgIpc) is 2.28. The summed E-state index contributed by atoms with van der Waals surface area (Å²) in [5.74, 6) is 0. The first-order chi connectivity index (χ1) is 6.39. The number of benzene rings is 1. The van der Waals surface area contributed by atoms with Gasteiger partial charge in [0.1, 0.15) is 0 Å². The van der Waals surface area contributed by atoms with Crippen molar-refractivity contribution < 1.29 is 0 Å². The van der Waals surface area contributed by atoms with E-state index in [-0.39, 0.29) is 0 Å². The molecule has 0 atom stereocenters. The molecule has 0 aliphatic heterocycles. The zero-order chi connectivity index (χ0) is 11.1. The van der Waals surface area contributed by atoms with E-state index in [0.29, 0.717) is 0 Å². The van der Waals surface area contributed by atoms with E-state index < -0.39 is 0 Å². The fraction of sp³-hybridized carbons (Fsp3) is 0.0769. The van der Waals surface area contributed by atoms with Gasteiger partial charge in [0.05, 0.1) is 0 Å². The maximum atomic E-state index is 3.00. The van der Waals surface area contributed by atoms with E-state index in [4.69, 9.17) is 0 Å².